The van der Waals surface area contributed by atoms with Gasteiger partial charge in [0.15, 0.2) is 0 Å². The average molecular weight is 216 g/mol. The van der Waals surface area contributed by atoms with Gasteiger partial charge in [-0.1, -0.05) is 23.7 Å². The molecule has 2 rings (SSSR count). The second kappa shape index (κ2) is 3.78. The van der Waals surface area contributed by atoms with E-state index in [4.69, 9.17) is 11.6 Å². The van der Waals surface area contributed by atoms with E-state index in [0.717, 1.165) is 18.0 Å². The third-order valence-electron chi connectivity index (χ3n) is 2.10. The van der Waals surface area contributed by atoms with Gasteiger partial charge in [0, 0.05) is 13.1 Å². The summed E-state index contributed by atoms with van der Waals surface area (Å²) >= 11 is 5.93. The predicted molar refractivity (Wildman–Crippen MR) is 54.5 cm³/mol. The molecule has 0 amide bonds. The molecular formula is C9H10ClNOS. The molecule has 1 heterocycles. The highest BCUT2D eigenvalue weighted by Gasteiger charge is 2.25. The molecule has 0 radical (unpaired) electrons. The first kappa shape index (κ1) is 9.19. The minimum atomic E-state index is -0.947. The summed E-state index contributed by atoms with van der Waals surface area (Å²) in [6.45, 7) is 1.66. The van der Waals surface area contributed by atoms with E-state index in [1.54, 1.807) is 6.07 Å². The van der Waals surface area contributed by atoms with Crippen LogP contribution >= 0.6 is 11.6 Å². The topological polar surface area (TPSA) is 29.1 Å². The van der Waals surface area contributed by atoms with E-state index < -0.39 is 10.8 Å². The van der Waals surface area contributed by atoms with Crippen LogP contribution in [0, 0.1) is 0 Å². The summed E-state index contributed by atoms with van der Waals surface area (Å²) in [5, 5.41) is 3.94. The molecule has 1 unspecified atom stereocenters. The molecule has 1 aliphatic rings. The summed E-state index contributed by atoms with van der Waals surface area (Å²) in [6, 6.07) is 7.32. The van der Waals surface area contributed by atoms with Crippen molar-refractivity contribution in [1.29, 1.82) is 0 Å². The number of hydrogen-bond donors (Lipinski definition) is 1. The lowest BCUT2D eigenvalue weighted by atomic mass is 10.3. The van der Waals surface area contributed by atoms with Crippen LogP contribution in [0.4, 0.5) is 0 Å². The maximum Gasteiger partial charge on any atom is 0.0644 e. The fraction of sp³-hybridized carbons (Fsp3) is 0.333. The second-order valence-electron chi connectivity index (χ2n) is 3.01. The van der Waals surface area contributed by atoms with Crippen molar-refractivity contribution >= 4 is 22.4 Å². The van der Waals surface area contributed by atoms with Gasteiger partial charge in [-0.2, -0.15) is 0 Å². The van der Waals surface area contributed by atoms with Gasteiger partial charge in [0.2, 0.25) is 0 Å². The Morgan fingerprint density at radius 3 is 2.62 bits per heavy atom. The molecule has 1 aromatic rings. The average Bonchev–Trinajstić information content (AvgIpc) is 2.01. The van der Waals surface area contributed by atoms with Gasteiger partial charge in [-0.05, 0) is 12.1 Å². The molecular weight excluding hydrogens is 206 g/mol. The van der Waals surface area contributed by atoms with Crippen molar-refractivity contribution < 1.29 is 4.21 Å². The van der Waals surface area contributed by atoms with Gasteiger partial charge in [0.25, 0.3) is 0 Å². The summed E-state index contributed by atoms with van der Waals surface area (Å²) in [5.74, 6) is 0. The SMILES string of the molecule is O=S(c1ccccc1Cl)C1CNC1. The quantitative estimate of drug-likeness (QED) is 0.809. The van der Waals surface area contributed by atoms with Crippen LogP contribution in [-0.4, -0.2) is 22.5 Å². The highest BCUT2D eigenvalue weighted by molar-refractivity contribution is 7.86. The zero-order valence-electron chi connectivity index (χ0n) is 7.00. The van der Waals surface area contributed by atoms with E-state index in [0.29, 0.717) is 5.02 Å². The third kappa shape index (κ3) is 1.77. The predicted octanol–water partition coefficient (Wildman–Crippen LogP) is 1.42. The van der Waals surface area contributed by atoms with E-state index in [1.807, 2.05) is 18.2 Å². The maximum atomic E-state index is 11.8. The second-order valence-corrected chi connectivity index (χ2v) is 5.12. The molecule has 1 saturated heterocycles. The highest BCUT2D eigenvalue weighted by Crippen LogP contribution is 2.22. The first-order valence-corrected chi connectivity index (χ1v) is 5.74. The number of halogens is 1. The smallest absolute Gasteiger partial charge is 0.0644 e. The Balaban J connectivity index is 2.24. The molecule has 0 saturated carbocycles. The van der Waals surface area contributed by atoms with Crippen molar-refractivity contribution in [1.82, 2.24) is 5.32 Å². The number of nitrogens with one attached hydrogen (secondary N) is 1. The summed E-state index contributed by atoms with van der Waals surface area (Å²) in [6.07, 6.45) is 0. The van der Waals surface area contributed by atoms with Crippen molar-refractivity contribution in [2.24, 2.45) is 0 Å². The van der Waals surface area contributed by atoms with Crippen molar-refractivity contribution in [3.63, 3.8) is 0 Å². The standard InChI is InChI=1S/C9H10ClNOS/c10-8-3-1-2-4-9(8)13(12)7-5-11-6-7/h1-4,7,11H,5-6H2. The Morgan fingerprint density at radius 1 is 1.38 bits per heavy atom. The van der Waals surface area contributed by atoms with Gasteiger partial charge >= 0.3 is 0 Å². The summed E-state index contributed by atoms with van der Waals surface area (Å²) in [4.78, 5) is 0.760. The number of benzene rings is 1. The Hall–Kier alpha value is -0.380. The van der Waals surface area contributed by atoms with Crippen LogP contribution in [0.5, 0.6) is 0 Å². The van der Waals surface area contributed by atoms with E-state index >= 15 is 0 Å². The van der Waals surface area contributed by atoms with Gasteiger partial charge in [-0.15, -0.1) is 0 Å². The number of rotatable bonds is 2. The lowest BCUT2D eigenvalue weighted by molar-refractivity contribution is 0.526. The molecule has 0 bridgehead atoms. The van der Waals surface area contributed by atoms with Crippen LogP contribution < -0.4 is 5.32 Å². The van der Waals surface area contributed by atoms with Crippen LogP contribution in [0.1, 0.15) is 0 Å². The zero-order chi connectivity index (χ0) is 9.26. The maximum absolute atomic E-state index is 11.8. The molecule has 0 aromatic heterocycles. The Bertz CT molecular complexity index is 338. The lowest BCUT2D eigenvalue weighted by Gasteiger charge is -2.26. The Kier molecular flexibility index (Phi) is 2.67. The molecule has 13 heavy (non-hydrogen) atoms. The largest absolute Gasteiger partial charge is 0.314 e. The zero-order valence-corrected chi connectivity index (χ0v) is 8.57. The van der Waals surface area contributed by atoms with Crippen LogP contribution in [-0.2, 0) is 10.8 Å². The van der Waals surface area contributed by atoms with Crippen molar-refractivity contribution in [2.45, 2.75) is 10.1 Å². The molecule has 70 valence electrons. The molecule has 2 nitrogen and oxygen atoms in total. The van der Waals surface area contributed by atoms with Crippen LogP contribution in [0.25, 0.3) is 0 Å². The molecule has 4 heteroatoms. The van der Waals surface area contributed by atoms with Gasteiger partial charge in [-0.3, -0.25) is 4.21 Å². The van der Waals surface area contributed by atoms with Crippen molar-refractivity contribution in [3.8, 4) is 0 Å². The van der Waals surface area contributed by atoms with Crippen LogP contribution in [0.3, 0.4) is 0 Å². The molecule has 1 fully saturated rings. The first-order valence-electron chi connectivity index (χ1n) is 4.15. The van der Waals surface area contributed by atoms with Crippen molar-refractivity contribution in [3.05, 3.63) is 29.3 Å². The first-order chi connectivity index (χ1) is 6.29. The molecule has 0 spiro atoms. The molecule has 1 atom stereocenters. The molecule has 1 aliphatic heterocycles. The van der Waals surface area contributed by atoms with Crippen molar-refractivity contribution in [2.75, 3.05) is 13.1 Å². The summed E-state index contributed by atoms with van der Waals surface area (Å²) < 4.78 is 11.8. The van der Waals surface area contributed by atoms with E-state index in [-0.39, 0.29) is 5.25 Å². The Labute approximate surface area is 84.7 Å². The van der Waals surface area contributed by atoms with Gasteiger partial charge in [0.05, 0.1) is 26.0 Å². The van der Waals surface area contributed by atoms with Gasteiger partial charge in [0.1, 0.15) is 0 Å². The molecule has 1 aromatic carbocycles. The molecule has 0 aliphatic carbocycles. The third-order valence-corrected chi connectivity index (χ3v) is 4.27. The Morgan fingerprint density at radius 2 is 2.08 bits per heavy atom. The van der Waals surface area contributed by atoms with E-state index in [2.05, 4.69) is 5.32 Å². The van der Waals surface area contributed by atoms with E-state index in [9.17, 15) is 4.21 Å². The minimum absolute atomic E-state index is 0.236. The fourth-order valence-corrected chi connectivity index (χ4v) is 2.94. The summed E-state index contributed by atoms with van der Waals surface area (Å²) in [5.41, 5.74) is 0. The molecule has 1 N–H and O–H groups in total. The van der Waals surface area contributed by atoms with Gasteiger partial charge < -0.3 is 5.32 Å². The summed E-state index contributed by atoms with van der Waals surface area (Å²) in [7, 11) is -0.947. The minimum Gasteiger partial charge on any atom is -0.314 e. The lowest BCUT2D eigenvalue weighted by Crippen LogP contribution is -2.49. The van der Waals surface area contributed by atoms with Crippen LogP contribution in [0.15, 0.2) is 29.2 Å². The fourth-order valence-electron chi connectivity index (χ4n) is 1.20. The van der Waals surface area contributed by atoms with Gasteiger partial charge in [-0.25, -0.2) is 0 Å². The van der Waals surface area contributed by atoms with E-state index in [1.165, 1.54) is 0 Å². The monoisotopic (exact) mass is 215 g/mol. The highest BCUT2D eigenvalue weighted by atomic mass is 35.5. The van der Waals surface area contributed by atoms with Crippen LogP contribution in [0.2, 0.25) is 5.02 Å². The number of hydrogen-bond acceptors (Lipinski definition) is 2. The normalized spacial score (nSPS) is 19.5.